The smallest absolute Gasteiger partial charge is 0.258 e. The molecule has 1 heterocycles. The molecular weight excluding hydrogens is 227 g/mol. The number of hydrogen-bond acceptors (Lipinski definition) is 4. The highest BCUT2D eigenvalue weighted by Gasteiger charge is 2.41. The average molecular weight is 231 g/mol. The van der Waals surface area contributed by atoms with E-state index >= 15 is 0 Å². The minimum Gasteiger partial charge on any atom is -0.258 e. The first-order chi connectivity index (χ1) is 7.38. The molecule has 84 valence electrons. The van der Waals surface area contributed by atoms with Crippen molar-refractivity contribution in [3.05, 3.63) is 33.6 Å². The van der Waals surface area contributed by atoms with Crippen LogP contribution in [0.4, 0.5) is 18.9 Å². The molecular formula is C8H4F3N3O2. The monoisotopic (exact) mass is 231 g/mol. The van der Waals surface area contributed by atoms with Crippen molar-refractivity contribution in [2.24, 2.45) is 0 Å². The van der Waals surface area contributed by atoms with Crippen LogP contribution in [0.5, 0.6) is 0 Å². The topological polar surface area (TPSA) is 79.8 Å². The van der Waals surface area contributed by atoms with Gasteiger partial charge in [-0.15, -0.1) is 0 Å². The predicted molar refractivity (Wildman–Crippen MR) is 45.2 cm³/mol. The molecule has 0 aliphatic heterocycles. The van der Waals surface area contributed by atoms with Crippen LogP contribution in [-0.4, -0.2) is 9.91 Å². The zero-order chi connectivity index (χ0) is 12.3. The van der Waals surface area contributed by atoms with Gasteiger partial charge in [0.15, 0.2) is 0 Å². The lowest BCUT2D eigenvalue weighted by atomic mass is 10.1. The first kappa shape index (κ1) is 11.9. The van der Waals surface area contributed by atoms with Crippen LogP contribution in [0.25, 0.3) is 0 Å². The molecule has 0 bridgehead atoms. The van der Waals surface area contributed by atoms with Crippen molar-refractivity contribution in [3.8, 4) is 6.07 Å². The van der Waals surface area contributed by atoms with Crippen LogP contribution in [0.3, 0.4) is 0 Å². The van der Waals surface area contributed by atoms with Crippen LogP contribution >= 0.6 is 0 Å². The van der Waals surface area contributed by atoms with Crippen molar-refractivity contribution in [1.29, 1.82) is 5.26 Å². The fourth-order valence-electron chi connectivity index (χ4n) is 1.18. The number of hydrogen-bond donors (Lipinski definition) is 0. The Morgan fingerprint density at radius 3 is 2.56 bits per heavy atom. The molecule has 0 amide bonds. The number of pyridine rings is 1. The van der Waals surface area contributed by atoms with Crippen LogP contribution in [-0.2, 0) is 12.6 Å². The summed E-state index contributed by atoms with van der Waals surface area (Å²) >= 11 is 0. The molecule has 0 N–H and O–H groups in total. The Bertz CT molecular complexity index is 465. The van der Waals surface area contributed by atoms with E-state index < -0.39 is 34.3 Å². The zero-order valence-corrected chi connectivity index (χ0v) is 7.65. The Balaban J connectivity index is 3.48. The number of nitro groups is 1. The highest BCUT2D eigenvalue weighted by Crippen LogP contribution is 2.37. The van der Waals surface area contributed by atoms with Gasteiger partial charge in [-0.25, -0.2) is 0 Å². The van der Waals surface area contributed by atoms with Gasteiger partial charge < -0.3 is 0 Å². The normalized spacial score (nSPS) is 10.9. The molecule has 0 atom stereocenters. The summed E-state index contributed by atoms with van der Waals surface area (Å²) in [6.45, 7) is 0. The van der Waals surface area contributed by atoms with Crippen molar-refractivity contribution in [3.63, 3.8) is 0 Å². The maximum atomic E-state index is 12.6. The Morgan fingerprint density at radius 2 is 2.12 bits per heavy atom. The number of alkyl halides is 3. The molecule has 5 nitrogen and oxygen atoms in total. The van der Waals surface area contributed by atoms with Crippen molar-refractivity contribution in [2.75, 3.05) is 0 Å². The van der Waals surface area contributed by atoms with Crippen molar-refractivity contribution < 1.29 is 18.1 Å². The van der Waals surface area contributed by atoms with Crippen LogP contribution in [0, 0.1) is 21.4 Å². The van der Waals surface area contributed by atoms with Crippen molar-refractivity contribution in [2.45, 2.75) is 12.6 Å². The van der Waals surface area contributed by atoms with Crippen molar-refractivity contribution in [1.82, 2.24) is 4.98 Å². The third-order valence-corrected chi connectivity index (χ3v) is 1.75. The van der Waals surface area contributed by atoms with E-state index in [2.05, 4.69) is 4.98 Å². The summed E-state index contributed by atoms with van der Waals surface area (Å²) in [4.78, 5) is 12.5. The molecule has 16 heavy (non-hydrogen) atoms. The second-order valence-electron chi connectivity index (χ2n) is 2.78. The van der Waals surface area contributed by atoms with E-state index in [1.807, 2.05) is 0 Å². The predicted octanol–water partition coefficient (Wildman–Crippen LogP) is 2.07. The van der Waals surface area contributed by atoms with E-state index in [1.165, 1.54) is 6.07 Å². The van der Waals surface area contributed by atoms with Crippen LogP contribution in [0.2, 0.25) is 0 Å². The summed E-state index contributed by atoms with van der Waals surface area (Å²) < 4.78 is 37.7. The Labute approximate surface area is 87.3 Å². The molecule has 1 rings (SSSR count). The summed E-state index contributed by atoms with van der Waals surface area (Å²) in [5.41, 5.74) is -3.04. The minimum atomic E-state index is -4.88. The van der Waals surface area contributed by atoms with E-state index in [9.17, 15) is 23.3 Å². The van der Waals surface area contributed by atoms with E-state index in [-0.39, 0.29) is 0 Å². The molecule has 0 spiro atoms. The second-order valence-corrected chi connectivity index (χ2v) is 2.78. The molecule has 0 unspecified atom stereocenters. The molecule has 0 saturated heterocycles. The third kappa shape index (κ3) is 2.25. The lowest BCUT2D eigenvalue weighted by molar-refractivity contribution is -0.388. The SMILES string of the molecule is N#CCc1cncc([N+](=O)[O-])c1C(F)(F)F. The maximum Gasteiger partial charge on any atom is 0.423 e. The fraction of sp³-hybridized carbons (Fsp3) is 0.250. The number of rotatable bonds is 2. The van der Waals surface area contributed by atoms with Gasteiger partial charge in [-0.1, -0.05) is 0 Å². The van der Waals surface area contributed by atoms with Crippen LogP contribution in [0.15, 0.2) is 12.4 Å². The Kier molecular flexibility index (Phi) is 3.08. The van der Waals surface area contributed by atoms with Gasteiger partial charge in [0.05, 0.1) is 17.4 Å². The Morgan fingerprint density at radius 1 is 1.50 bits per heavy atom. The summed E-state index contributed by atoms with van der Waals surface area (Å²) in [7, 11) is 0. The molecule has 1 aromatic heterocycles. The van der Waals surface area contributed by atoms with Gasteiger partial charge >= 0.3 is 6.18 Å². The quantitative estimate of drug-likeness (QED) is 0.576. The van der Waals surface area contributed by atoms with Crippen molar-refractivity contribution >= 4 is 5.69 Å². The summed E-state index contributed by atoms with van der Waals surface area (Å²) in [6, 6.07) is 1.50. The molecule has 0 saturated carbocycles. The van der Waals surface area contributed by atoms with Gasteiger partial charge in [-0.05, 0) is 0 Å². The molecule has 0 aliphatic rings. The number of halogens is 3. The van der Waals surface area contributed by atoms with E-state index in [0.29, 0.717) is 6.20 Å². The van der Waals surface area contributed by atoms with Gasteiger partial charge in [0.25, 0.3) is 5.69 Å². The number of nitriles is 1. The summed E-state index contributed by atoms with van der Waals surface area (Å²) in [5.74, 6) is 0. The van der Waals surface area contributed by atoms with E-state index in [0.717, 1.165) is 6.20 Å². The lowest BCUT2D eigenvalue weighted by Gasteiger charge is -2.10. The standard InChI is InChI=1S/C8H4F3N3O2/c9-8(10,11)7-5(1-2-12)3-13-4-6(7)14(15)16/h3-4H,1H2. The van der Waals surface area contributed by atoms with Gasteiger partial charge in [0.2, 0.25) is 0 Å². The highest BCUT2D eigenvalue weighted by molar-refractivity contribution is 5.45. The lowest BCUT2D eigenvalue weighted by Crippen LogP contribution is -2.13. The first-order valence-electron chi connectivity index (χ1n) is 3.93. The van der Waals surface area contributed by atoms with Gasteiger partial charge in [-0.2, -0.15) is 18.4 Å². The van der Waals surface area contributed by atoms with Crippen LogP contribution in [0.1, 0.15) is 11.1 Å². The largest absolute Gasteiger partial charge is 0.423 e. The zero-order valence-electron chi connectivity index (χ0n) is 7.65. The van der Waals surface area contributed by atoms with Gasteiger partial charge in [-0.3, -0.25) is 15.1 Å². The van der Waals surface area contributed by atoms with E-state index in [4.69, 9.17) is 5.26 Å². The Hall–Kier alpha value is -2.17. The molecule has 0 fully saturated rings. The maximum absolute atomic E-state index is 12.6. The highest BCUT2D eigenvalue weighted by atomic mass is 19.4. The third-order valence-electron chi connectivity index (χ3n) is 1.75. The minimum absolute atomic E-state index is 0.496. The molecule has 0 aliphatic carbocycles. The molecule has 1 aromatic rings. The first-order valence-corrected chi connectivity index (χ1v) is 3.93. The molecule has 8 heteroatoms. The number of nitrogens with zero attached hydrogens (tertiary/aromatic N) is 3. The molecule has 0 aromatic carbocycles. The van der Waals surface area contributed by atoms with E-state index in [1.54, 1.807) is 0 Å². The molecule has 0 radical (unpaired) electrons. The van der Waals surface area contributed by atoms with Gasteiger partial charge in [0, 0.05) is 11.8 Å². The summed E-state index contributed by atoms with van der Waals surface area (Å²) in [5, 5.41) is 18.7. The fourth-order valence-corrected chi connectivity index (χ4v) is 1.18. The van der Waals surface area contributed by atoms with Crippen LogP contribution < -0.4 is 0 Å². The average Bonchev–Trinajstić information content (AvgIpc) is 2.16. The second kappa shape index (κ2) is 4.14. The number of aromatic nitrogens is 1. The van der Waals surface area contributed by atoms with Gasteiger partial charge in [0.1, 0.15) is 11.8 Å². The summed E-state index contributed by atoms with van der Waals surface area (Å²) in [6.07, 6.45) is -4.14.